The average molecular weight is 205 g/mol. The molecule has 80 valence electrons. The van der Waals surface area contributed by atoms with E-state index in [1.165, 1.54) is 0 Å². The molecule has 1 unspecified atom stereocenters. The number of carboxylic acid groups (broad SMARTS) is 1. The highest BCUT2D eigenvalue weighted by Crippen LogP contribution is 2.47. The molecule has 0 bridgehead atoms. The second kappa shape index (κ2) is 3.65. The van der Waals surface area contributed by atoms with Crippen molar-refractivity contribution in [2.24, 2.45) is 11.3 Å². The first-order valence-electron chi connectivity index (χ1n) is 5.26. The van der Waals surface area contributed by atoms with E-state index in [0.717, 1.165) is 18.5 Å². The molecule has 0 aromatic carbocycles. The van der Waals surface area contributed by atoms with Crippen molar-refractivity contribution in [3.05, 3.63) is 30.1 Å². The largest absolute Gasteiger partial charge is 0.481 e. The molecular weight excluding hydrogens is 190 g/mol. The first kappa shape index (κ1) is 10.1. The zero-order valence-corrected chi connectivity index (χ0v) is 8.81. The van der Waals surface area contributed by atoms with E-state index in [1.807, 2.05) is 25.1 Å². The number of rotatable bonds is 4. The van der Waals surface area contributed by atoms with Gasteiger partial charge in [-0.15, -0.1) is 0 Å². The number of carboxylic acids is 1. The molecule has 0 radical (unpaired) electrons. The predicted molar refractivity (Wildman–Crippen MR) is 56.4 cm³/mol. The number of aliphatic carboxylic acids is 1. The van der Waals surface area contributed by atoms with Crippen LogP contribution in [0.2, 0.25) is 0 Å². The third-order valence-corrected chi connectivity index (χ3v) is 3.24. The Morgan fingerprint density at radius 2 is 2.33 bits per heavy atom. The summed E-state index contributed by atoms with van der Waals surface area (Å²) in [5.74, 6) is -0.368. The SMILES string of the molecule is CC(Cc1ccccn1)(C(=O)O)C1CC1. The summed E-state index contributed by atoms with van der Waals surface area (Å²) in [6.07, 6.45) is 4.32. The molecule has 1 aromatic rings. The van der Waals surface area contributed by atoms with Crippen molar-refractivity contribution in [2.75, 3.05) is 0 Å². The third-order valence-electron chi connectivity index (χ3n) is 3.24. The van der Waals surface area contributed by atoms with E-state index in [0.29, 0.717) is 12.3 Å². The maximum atomic E-state index is 11.3. The molecule has 15 heavy (non-hydrogen) atoms. The molecule has 1 aliphatic rings. The summed E-state index contributed by atoms with van der Waals surface area (Å²) in [5, 5.41) is 9.28. The van der Waals surface area contributed by atoms with Gasteiger partial charge in [-0.25, -0.2) is 0 Å². The molecule has 0 aliphatic heterocycles. The van der Waals surface area contributed by atoms with Crippen LogP contribution in [0.15, 0.2) is 24.4 Å². The van der Waals surface area contributed by atoms with Gasteiger partial charge in [-0.05, 0) is 37.8 Å². The summed E-state index contributed by atoms with van der Waals surface area (Å²) in [6, 6.07) is 5.64. The standard InChI is InChI=1S/C12H15NO2/c1-12(11(14)15,9-5-6-9)8-10-4-2-3-7-13-10/h2-4,7,9H,5-6,8H2,1H3,(H,14,15). The van der Waals surface area contributed by atoms with Crippen molar-refractivity contribution in [3.63, 3.8) is 0 Å². The van der Waals surface area contributed by atoms with Gasteiger partial charge in [0.05, 0.1) is 5.41 Å². The fourth-order valence-corrected chi connectivity index (χ4v) is 1.99. The van der Waals surface area contributed by atoms with Crippen LogP contribution < -0.4 is 0 Å². The van der Waals surface area contributed by atoms with E-state index in [-0.39, 0.29) is 0 Å². The molecule has 0 amide bonds. The van der Waals surface area contributed by atoms with Crippen LogP contribution in [0, 0.1) is 11.3 Å². The van der Waals surface area contributed by atoms with E-state index in [1.54, 1.807) is 6.20 Å². The van der Waals surface area contributed by atoms with Gasteiger partial charge >= 0.3 is 5.97 Å². The van der Waals surface area contributed by atoms with Crippen LogP contribution >= 0.6 is 0 Å². The van der Waals surface area contributed by atoms with Gasteiger partial charge in [-0.3, -0.25) is 9.78 Å². The van der Waals surface area contributed by atoms with E-state index in [4.69, 9.17) is 0 Å². The first-order chi connectivity index (χ1) is 7.13. The second-order valence-electron chi connectivity index (χ2n) is 4.49. The molecule has 0 saturated heterocycles. The Labute approximate surface area is 89.2 Å². The summed E-state index contributed by atoms with van der Waals surface area (Å²) in [6.45, 7) is 1.84. The Morgan fingerprint density at radius 3 is 2.80 bits per heavy atom. The number of carbonyl (C=O) groups is 1. The van der Waals surface area contributed by atoms with Crippen LogP contribution in [0.4, 0.5) is 0 Å². The predicted octanol–water partition coefficient (Wildman–Crippen LogP) is 2.12. The molecule has 1 heterocycles. The number of pyridine rings is 1. The molecule has 0 spiro atoms. The molecule has 1 N–H and O–H groups in total. The van der Waals surface area contributed by atoms with Crippen molar-refractivity contribution < 1.29 is 9.90 Å². The number of nitrogens with zero attached hydrogens (tertiary/aromatic N) is 1. The Hall–Kier alpha value is -1.38. The lowest BCUT2D eigenvalue weighted by molar-refractivity contribution is -0.149. The molecule has 1 atom stereocenters. The minimum atomic E-state index is -0.698. The summed E-state index contributed by atoms with van der Waals surface area (Å²) in [7, 11) is 0. The molecule has 2 rings (SSSR count). The summed E-state index contributed by atoms with van der Waals surface area (Å²) in [4.78, 5) is 15.5. The van der Waals surface area contributed by atoms with E-state index >= 15 is 0 Å². The maximum absolute atomic E-state index is 11.3. The van der Waals surface area contributed by atoms with Crippen LogP contribution in [-0.4, -0.2) is 16.1 Å². The average Bonchev–Trinajstić information content (AvgIpc) is 3.02. The molecule has 1 aliphatic carbocycles. The Kier molecular flexibility index (Phi) is 2.47. The summed E-state index contributed by atoms with van der Waals surface area (Å²) in [5.41, 5.74) is 0.239. The van der Waals surface area contributed by atoms with E-state index in [2.05, 4.69) is 4.98 Å². The lowest BCUT2D eigenvalue weighted by Gasteiger charge is -2.23. The fraction of sp³-hybridized carbons (Fsp3) is 0.500. The second-order valence-corrected chi connectivity index (χ2v) is 4.49. The van der Waals surface area contributed by atoms with Gasteiger partial charge in [0.25, 0.3) is 0 Å². The third kappa shape index (κ3) is 2.01. The van der Waals surface area contributed by atoms with Gasteiger partial charge < -0.3 is 5.11 Å². The maximum Gasteiger partial charge on any atom is 0.310 e. The van der Waals surface area contributed by atoms with E-state index in [9.17, 15) is 9.90 Å². The van der Waals surface area contributed by atoms with Gasteiger partial charge in [0, 0.05) is 18.3 Å². The van der Waals surface area contributed by atoms with Gasteiger partial charge in [0.2, 0.25) is 0 Å². The van der Waals surface area contributed by atoms with Gasteiger partial charge in [0.1, 0.15) is 0 Å². The number of hydrogen-bond donors (Lipinski definition) is 1. The highest BCUT2D eigenvalue weighted by Gasteiger charge is 2.47. The van der Waals surface area contributed by atoms with Crippen LogP contribution in [0.1, 0.15) is 25.5 Å². The van der Waals surface area contributed by atoms with Crippen LogP contribution in [0.3, 0.4) is 0 Å². The van der Waals surface area contributed by atoms with Crippen molar-refractivity contribution in [2.45, 2.75) is 26.2 Å². The van der Waals surface area contributed by atoms with Crippen molar-refractivity contribution >= 4 is 5.97 Å². The van der Waals surface area contributed by atoms with Crippen LogP contribution in [0.5, 0.6) is 0 Å². The van der Waals surface area contributed by atoms with Crippen LogP contribution in [-0.2, 0) is 11.2 Å². The topological polar surface area (TPSA) is 50.2 Å². The van der Waals surface area contributed by atoms with Crippen LogP contribution in [0.25, 0.3) is 0 Å². The number of hydrogen-bond acceptors (Lipinski definition) is 2. The zero-order valence-electron chi connectivity index (χ0n) is 8.81. The summed E-state index contributed by atoms with van der Waals surface area (Å²) >= 11 is 0. The van der Waals surface area contributed by atoms with Gasteiger partial charge in [0.15, 0.2) is 0 Å². The first-order valence-corrected chi connectivity index (χ1v) is 5.26. The Bertz CT molecular complexity index is 359. The van der Waals surface area contributed by atoms with Crippen molar-refractivity contribution in [1.29, 1.82) is 0 Å². The highest BCUT2D eigenvalue weighted by atomic mass is 16.4. The van der Waals surface area contributed by atoms with E-state index < -0.39 is 11.4 Å². The quantitative estimate of drug-likeness (QED) is 0.819. The lowest BCUT2D eigenvalue weighted by atomic mass is 9.80. The normalized spacial score (nSPS) is 19.5. The molecule has 1 fully saturated rings. The monoisotopic (exact) mass is 205 g/mol. The fourth-order valence-electron chi connectivity index (χ4n) is 1.99. The van der Waals surface area contributed by atoms with Gasteiger partial charge in [-0.1, -0.05) is 6.07 Å². The molecule has 1 aromatic heterocycles. The van der Waals surface area contributed by atoms with Gasteiger partial charge in [-0.2, -0.15) is 0 Å². The minimum absolute atomic E-state index is 0.331. The number of aromatic nitrogens is 1. The minimum Gasteiger partial charge on any atom is -0.481 e. The van der Waals surface area contributed by atoms with Crippen molar-refractivity contribution in [1.82, 2.24) is 4.98 Å². The molecular formula is C12H15NO2. The molecule has 3 heteroatoms. The summed E-state index contributed by atoms with van der Waals surface area (Å²) < 4.78 is 0. The smallest absolute Gasteiger partial charge is 0.310 e. The Balaban J connectivity index is 2.17. The molecule has 1 saturated carbocycles. The zero-order chi connectivity index (χ0) is 10.9. The molecule has 3 nitrogen and oxygen atoms in total. The Morgan fingerprint density at radius 1 is 1.60 bits per heavy atom. The highest BCUT2D eigenvalue weighted by molar-refractivity contribution is 5.75. The lowest BCUT2D eigenvalue weighted by Crippen LogP contribution is -2.32. The van der Waals surface area contributed by atoms with Crippen molar-refractivity contribution in [3.8, 4) is 0 Å².